The summed E-state index contributed by atoms with van der Waals surface area (Å²) in [5.41, 5.74) is 0.985. The van der Waals surface area contributed by atoms with Crippen molar-refractivity contribution in [3.05, 3.63) is 77.0 Å². The Morgan fingerprint density at radius 2 is 1.74 bits per heavy atom. The second-order valence-corrected chi connectivity index (χ2v) is 5.08. The number of aromatic nitrogens is 1. The summed E-state index contributed by atoms with van der Waals surface area (Å²) in [7, 11) is 1.61. The smallest absolute Gasteiger partial charge is 0.195 e. The van der Waals surface area contributed by atoms with Gasteiger partial charge in [0.2, 0.25) is 0 Å². The maximum atomic E-state index is 12.6. The van der Waals surface area contributed by atoms with E-state index in [0.29, 0.717) is 11.1 Å². The van der Waals surface area contributed by atoms with E-state index in [2.05, 4.69) is 10.2 Å². The van der Waals surface area contributed by atoms with E-state index in [0.717, 1.165) is 16.5 Å². The zero-order valence-electron chi connectivity index (χ0n) is 12.5. The predicted molar refractivity (Wildman–Crippen MR) is 87.6 cm³/mol. The summed E-state index contributed by atoms with van der Waals surface area (Å²) in [6.45, 7) is 0. The van der Waals surface area contributed by atoms with Crippen LogP contribution in [0.25, 0.3) is 10.8 Å². The molecule has 0 aliphatic rings. The number of ketones is 1. The summed E-state index contributed by atoms with van der Waals surface area (Å²) >= 11 is 0. The van der Waals surface area contributed by atoms with Crippen LogP contribution in [0, 0.1) is 4.91 Å². The van der Waals surface area contributed by atoms with Crippen molar-refractivity contribution >= 4 is 16.6 Å². The number of pyridine rings is 1. The first-order chi connectivity index (χ1) is 11.2. The van der Waals surface area contributed by atoms with E-state index in [9.17, 15) is 9.70 Å². The van der Waals surface area contributed by atoms with Crippen LogP contribution in [-0.4, -0.2) is 17.9 Å². The number of ether oxygens (including phenoxy) is 1. The Kier molecular flexibility index (Phi) is 4.10. The Bertz CT molecular complexity index is 863. The molecule has 3 rings (SSSR count). The summed E-state index contributed by atoms with van der Waals surface area (Å²) < 4.78 is 5.18. The van der Waals surface area contributed by atoms with Crippen LogP contribution < -0.4 is 4.74 Å². The van der Waals surface area contributed by atoms with Crippen LogP contribution in [0.2, 0.25) is 0 Å². The van der Waals surface area contributed by atoms with Gasteiger partial charge in [0.1, 0.15) is 5.75 Å². The summed E-state index contributed by atoms with van der Waals surface area (Å²) in [4.78, 5) is 27.6. The third kappa shape index (κ3) is 2.94. The van der Waals surface area contributed by atoms with Crippen LogP contribution in [0.5, 0.6) is 5.75 Å². The van der Waals surface area contributed by atoms with Crippen LogP contribution >= 0.6 is 0 Å². The number of hydrogen-bond donors (Lipinski definition) is 0. The van der Waals surface area contributed by atoms with Crippen LogP contribution in [0.3, 0.4) is 0 Å². The Morgan fingerprint density at radius 1 is 1.04 bits per heavy atom. The van der Waals surface area contributed by atoms with Crippen molar-refractivity contribution in [1.82, 2.24) is 4.98 Å². The predicted octanol–water partition coefficient (Wildman–Crippen LogP) is 3.93. The molecule has 0 aliphatic heterocycles. The average Bonchev–Trinajstić information content (AvgIpc) is 2.62. The molecule has 1 atom stereocenters. The number of carbonyl (C=O) groups excluding carboxylic acids is 1. The number of methoxy groups -OCH3 is 1. The Hall–Kier alpha value is -3.08. The lowest BCUT2D eigenvalue weighted by Gasteiger charge is -2.09. The van der Waals surface area contributed by atoms with Gasteiger partial charge in [-0.3, -0.25) is 9.78 Å². The quantitative estimate of drug-likeness (QED) is 0.529. The number of carbonyl (C=O) groups is 1. The topological polar surface area (TPSA) is 68.6 Å². The molecule has 1 aromatic heterocycles. The first-order valence-electron chi connectivity index (χ1n) is 7.07. The lowest BCUT2D eigenvalue weighted by atomic mass is 9.97. The Labute approximate surface area is 132 Å². The lowest BCUT2D eigenvalue weighted by molar-refractivity contribution is 0.0962. The SMILES string of the molecule is COc1ccc2cc(C(=O)C(N=O)c3ccncc3)ccc2c1. The maximum absolute atomic E-state index is 12.6. The fraction of sp³-hybridized carbons (Fsp3) is 0.111. The second kappa shape index (κ2) is 6.36. The summed E-state index contributed by atoms with van der Waals surface area (Å²) in [6, 6.07) is 13.1. The van der Waals surface area contributed by atoms with Crippen molar-refractivity contribution in [3.8, 4) is 5.75 Å². The minimum Gasteiger partial charge on any atom is -0.497 e. The molecule has 2 aromatic carbocycles. The van der Waals surface area contributed by atoms with Gasteiger partial charge in [-0.25, -0.2) is 0 Å². The second-order valence-electron chi connectivity index (χ2n) is 5.08. The number of hydrogen-bond acceptors (Lipinski definition) is 5. The first-order valence-corrected chi connectivity index (χ1v) is 7.07. The van der Waals surface area contributed by atoms with Crippen molar-refractivity contribution in [2.75, 3.05) is 7.11 Å². The number of rotatable bonds is 5. The highest BCUT2D eigenvalue weighted by molar-refractivity contribution is 6.03. The van der Waals surface area contributed by atoms with Gasteiger partial charge >= 0.3 is 0 Å². The van der Waals surface area contributed by atoms with Crippen molar-refractivity contribution in [2.45, 2.75) is 6.04 Å². The van der Waals surface area contributed by atoms with Gasteiger partial charge in [-0.15, -0.1) is 4.91 Å². The monoisotopic (exact) mass is 306 g/mol. The van der Waals surface area contributed by atoms with Crippen LogP contribution in [0.1, 0.15) is 22.0 Å². The van der Waals surface area contributed by atoms with Crippen molar-refractivity contribution in [2.24, 2.45) is 5.18 Å². The van der Waals surface area contributed by atoms with E-state index in [1.807, 2.05) is 24.3 Å². The average molecular weight is 306 g/mol. The summed E-state index contributed by atoms with van der Waals surface area (Å²) in [6.07, 6.45) is 3.07. The first kappa shape index (κ1) is 14.8. The van der Waals surface area contributed by atoms with Gasteiger partial charge in [0.15, 0.2) is 11.8 Å². The minimum atomic E-state index is -1.06. The fourth-order valence-electron chi connectivity index (χ4n) is 2.47. The molecule has 0 N–H and O–H groups in total. The Morgan fingerprint density at radius 3 is 2.43 bits per heavy atom. The molecule has 23 heavy (non-hydrogen) atoms. The number of fused-ring (bicyclic) bond motifs is 1. The van der Waals surface area contributed by atoms with Gasteiger partial charge in [0.25, 0.3) is 0 Å². The number of nitrogens with zero attached hydrogens (tertiary/aromatic N) is 2. The molecule has 3 aromatic rings. The lowest BCUT2D eigenvalue weighted by Crippen LogP contribution is -2.10. The number of benzene rings is 2. The van der Waals surface area contributed by atoms with E-state index in [1.54, 1.807) is 31.4 Å². The van der Waals surface area contributed by atoms with E-state index in [4.69, 9.17) is 4.74 Å². The van der Waals surface area contributed by atoms with Crippen LogP contribution in [0.15, 0.2) is 66.1 Å². The molecule has 0 amide bonds. The molecule has 0 aliphatic carbocycles. The van der Waals surface area contributed by atoms with E-state index in [1.165, 1.54) is 12.4 Å². The molecule has 0 radical (unpaired) electrons. The molecule has 1 unspecified atom stereocenters. The molecule has 0 bridgehead atoms. The molecule has 1 heterocycles. The molecular weight excluding hydrogens is 292 g/mol. The molecular formula is C18H14N2O3. The maximum Gasteiger partial charge on any atom is 0.195 e. The number of Topliss-reactive ketones (excluding diaryl/α,β-unsaturated/α-hetero) is 1. The van der Waals surface area contributed by atoms with Crippen molar-refractivity contribution < 1.29 is 9.53 Å². The van der Waals surface area contributed by atoms with E-state index in [-0.39, 0.29) is 5.78 Å². The summed E-state index contributed by atoms with van der Waals surface area (Å²) in [5, 5.41) is 4.85. The normalized spacial score (nSPS) is 11.9. The van der Waals surface area contributed by atoms with Gasteiger partial charge in [-0.05, 0) is 46.7 Å². The van der Waals surface area contributed by atoms with Gasteiger partial charge in [0.05, 0.1) is 7.11 Å². The van der Waals surface area contributed by atoms with Gasteiger partial charge in [-0.1, -0.05) is 23.4 Å². The molecule has 0 fully saturated rings. The zero-order valence-corrected chi connectivity index (χ0v) is 12.5. The fourth-order valence-corrected chi connectivity index (χ4v) is 2.47. The highest BCUT2D eigenvalue weighted by Gasteiger charge is 2.23. The molecule has 114 valence electrons. The standard InChI is InChI=1S/C18H14N2O3/c1-23-16-5-4-13-10-15(3-2-14(13)11-16)18(21)17(20-22)12-6-8-19-9-7-12/h2-11,17H,1H3. The molecule has 5 heteroatoms. The Balaban J connectivity index is 1.98. The highest BCUT2D eigenvalue weighted by Crippen LogP contribution is 2.26. The van der Waals surface area contributed by atoms with E-state index < -0.39 is 6.04 Å². The third-order valence-corrected chi connectivity index (χ3v) is 3.71. The van der Waals surface area contributed by atoms with Crippen molar-refractivity contribution in [1.29, 1.82) is 0 Å². The van der Waals surface area contributed by atoms with E-state index >= 15 is 0 Å². The van der Waals surface area contributed by atoms with Crippen LogP contribution in [-0.2, 0) is 0 Å². The third-order valence-electron chi connectivity index (χ3n) is 3.71. The highest BCUT2D eigenvalue weighted by atomic mass is 16.5. The molecule has 0 saturated carbocycles. The van der Waals surface area contributed by atoms with Gasteiger partial charge < -0.3 is 4.74 Å². The molecule has 5 nitrogen and oxygen atoms in total. The molecule has 0 saturated heterocycles. The van der Waals surface area contributed by atoms with Crippen LogP contribution in [0.4, 0.5) is 0 Å². The van der Waals surface area contributed by atoms with Gasteiger partial charge in [0, 0.05) is 18.0 Å². The zero-order chi connectivity index (χ0) is 16.2. The largest absolute Gasteiger partial charge is 0.497 e. The molecule has 0 spiro atoms. The summed E-state index contributed by atoms with van der Waals surface area (Å²) in [5.74, 6) is 0.421. The number of nitroso groups, excluding NO2 is 1. The minimum absolute atomic E-state index is 0.330. The van der Waals surface area contributed by atoms with Gasteiger partial charge in [-0.2, -0.15) is 0 Å². The van der Waals surface area contributed by atoms with Crippen molar-refractivity contribution in [3.63, 3.8) is 0 Å².